The Balaban J connectivity index is 1.69. The van der Waals surface area contributed by atoms with E-state index in [-0.39, 0.29) is 12.1 Å². The molecule has 1 aromatic heterocycles. The van der Waals surface area contributed by atoms with E-state index in [1.165, 1.54) is 0 Å². The second kappa shape index (κ2) is 11.4. The van der Waals surface area contributed by atoms with Crippen molar-refractivity contribution in [3.05, 3.63) is 70.9 Å². The summed E-state index contributed by atoms with van der Waals surface area (Å²) in [6.07, 6.45) is 2.88. The Labute approximate surface area is 205 Å². The number of rotatable bonds is 9. The number of amides is 2. The lowest BCUT2D eigenvalue weighted by Crippen LogP contribution is -2.43. The number of nitrogens with zero attached hydrogens (tertiary/aromatic N) is 3. The van der Waals surface area contributed by atoms with Crippen LogP contribution in [-0.4, -0.2) is 46.5 Å². The maximum Gasteiger partial charge on any atom is 0.317 e. The number of carbonyl (C=O) groups excluding carboxylic acids is 1. The summed E-state index contributed by atoms with van der Waals surface area (Å²) in [5.74, 6) is 1.22. The van der Waals surface area contributed by atoms with Gasteiger partial charge in [-0.3, -0.25) is 0 Å². The van der Waals surface area contributed by atoms with Gasteiger partial charge in [-0.1, -0.05) is 36.7 Å². The van der Waals surface area contributed by atoms with Crippen LogP contribution < -0.4 is 10.1 Å². The Bertz CT molecular complexity index is 1080. The van der Waals surface area contributed by atoms with Gasteiger partial charge in [0.15, 0.2) is 0 Å². The number of aromatic nitrogens is 2. The molecule has 7 nitrogen and oxygen atoms in total. The minimum atomic E-state index is -0.110. The van der Waals surface area contributed by atoms with Crippen LogP contribution in [0.3, 0.4) is 0 Å². The molecule has 1 N–H and O–H groups in total. The smallest absolute Gasteiger partial charge is 0.317 e. The maximum absolute atomic E-state index is 13.1. The molecule has 34 heavy (non-hydrogen) atoms. The normalized spacial score (nSPS) is 15.3. The Morgan fingerprint density at radius 3 is 2.68 bits per heavy atom. The molecule has 2 heterocycles. The van der Waals surface area contributed by atoms with Gasteiger partial charge in [-0.2, -0.15) is 5.10 Å². The van der Waals surface area contributed by atoms with Gasteiger partial charge < -0.3 is 19.7 Å². The lowest BCUT2D eigenvalue weighted by molar-refractivity contribution is 0.0793. The number of ether oxygens (including phenoxy) is 2. The summed E-state index contributed by atoms with van der Waals surface area (Å²) in [5, 5.41) is 8.42. The summed E-state index contributed by atoms with van der Waals surface area (Å²) in [7, 11) is 0. The first-order valence-corrected chi connectivity index (χ1v) is 12.1. The first-order chi connectivity index (χ1) is 16.5. The molecule has 4 rings (SSSR count). The number of hydrogen-bond acceptors (Lipinski definition) is 4. The van der Waals surface area contributed by atoms with E-state index in [4.69, 9.17) is 26.2 Å². The van der Waals surface area contributed by atoms with Crippen molar-refractivity contribution in [3.63, 3.8) is 0 Å². The number of hydrogen-bond donors (Lipinski definition) is 1. The minimum absolute atomic E-state index is 0.0393. The first kappa shape index (κ1) is 24.1. The van der Waals surface area contributed by atoms with Crippen LogP contribution in [0.4, 0.5) is 4.79 Å². The van der Waals surface area contributed by atoms with E-state index in [1.807, 2.05) is 56.3 Å². The van der Waals surface area contributed by atoms with Crippen LogP contribution in [-0.2, 0) is 11.3 Å². The quantitative estimate of drug-likeness (QED) is 0.423. The van der Waals surface area contributed by atoms with Crippen molar-refractivity contribution < 1.29 is 14.3 Å². The zero-order valence-electron chi connectivity index (χ0n) is 19.7. The highest BCUT2D eigenvalue weighted by molar-refractivity contribution is 6.30. The van der Waals surface area contributed by atoms with Crippen LogP contribution in [0.15, 0.2) is 54.6 Å². The van der Waals surface area contributed by atoms with Crippen LogP contribution in [0.25, 0.3) is 5.69 Å². The Morgan fingerprint density at radius 1 is 1.24 bits per heavy atom. The molecular formula is C26H31ClN4O3. The van der Waals surface area contributed by atoms with Gasteiger partial charge in [0.05, 0.1) is 29.6 Å². The molecule has 8 heteroatoms. The van der Waals surface area contributed by atoms with Crippen LogP contribution in [0.1, 0.15) is 37.4 Å². The van der Waals surface area contributed by atoms with Gasteiger partial charge in [0.1, 0.15) is 5.75 Å². The van der Waals surface area contributed by atoms with Crippen molar-refractivity contribution in [3.8, 4) is 17.3 Å². The van der Waals surface area contributed by atoms with Crippen LogP contribution >= 0.6 is 11.6 Å². The fourth-order valence-corrected chi connectivity index (χ4v) is 4.10. The first-order valence-electron chi connectivity index (χ1n) is 11.8. The molecule has 1 aliphatic rings. The summed E-state index contributed by atoms with van der Waals surface area (Å²) < 4.78 is 14.0. The summed E-state index contributed by atoms with van der Waals surface area (Å²) in [4.78, 5) is 14.9. The third-order valence-electron chi connectivity index (χ3n) is 5.78. The molecule has 180 valence electrons. The average Bonchev–Trinajstić information content (AvgIpc) is 3.47. The molecule has 1 atom stereocenters. The highest BCUT2D eigenvalue weighted by Gasteiger charge is 2.27. The van der Waals surface area contributed by atoms with Crippen molar-refractivity contribution in [1.29, 1.82) is 0 Å². The van der Waals surface area contributed by atoms with Crippen LogP contribution in [0.5, 0.6) is 11.6 Å². The highest BCUT2D eigenvalue weighted by atomic mass is 35.5. The standard InChI is InChI=1S/C26H31ClN4O3/c1-3-15-28-26(32)30(17-23-10-7-16-33-23)18-24-19(2)29-31(21-8-5-4-6-9-21)25(24)34-22-13-11-20(27)12-14-22/h4-6,8-9,11-14,23H,3,7,10,15-18H2,1-2H3,(H,28,32)/t23-/m0/s1. The van der Waals surface area contributed by atoms with Gasteiger partial charge >= 0.3 is 6.03 Å². The van der Waals surface area contributed by atoms with Crippen molar-refractivity contribution in [2.24, 2.45) is 0 Å². The topological polar surface area (TPSA) is 68.6 Å². The van der Waals surface area contributed by atoms with E-state index in [2.05, 4.69) is 5.32 Å². The molecule has 0 unspecified atom stereocenters. The molecule has 2 aromatic carbocycles. The van der Waals surface area contributed by atoms with Gasteiger partial charge in [0.2, 0.25) is 5.88 Å². The van der Waals surface area contributed by atoms with Gasteiger partial charge in [0, 0.05) is 24.7 Å². The van der Waals surface area contributed by atoms with Gasteiger partial charge in [-0.15, -0.1) is 0 Å². The molecule has 0 saturated carbocycles. The Hall–Kier alpha value is -3.03. The van der Waals surface area contributed by atoms with E-state index in [1.54, 1.807) is 21.7 Å². The van der Waals surface area contributed by atoms with E-state index in [0.717, 1.165) is 42.8 Å². The van der Waals surface area contributed by atoms with E-state index < -0.39 is 0 Å². The third-order valence-corrected chi connectivity index (χ3v) is 6.03. The zero-order chi connectivity index (χ0) is 23.9. The van der Waals surface area contributed by atoms with Gasteiger partial charge in [0.25, 0.3) is 0 Å². The monoisotopic (exact) mass is 482 g/mol. The summed E-state index contributed by atoms with van der Waals surface area (Å²) in [5.41, 5.74) is 2.53. The van der Waals surface area contributed by atoms with Crippen LogP contribution in [0.2, 0.25) is 5.02 Å². The summed E-state index contributed by atoms with van der Waals surface area (Å²) in [6.45, 7) is 6.22. The number of para-hydroxylation sites is 1. The fourth-order valence-electron chi connectivity index (χ4n) is 3.97. The molecule has 0 radical (unpaired) electrons. The third kappa shape index (κ3) is 5.90. The number of halogens is 1. The number of carbonyl (C=O) groups is 1. The van der Waals surface area contributed by atoms with Gasteiger partial charge in [-0.05, 0) is 62.6 Å². The summed E-state index contributed by atoms with van der Waals surface area (Å²) in [6, 6.07) is 16.9. The van der Waals surface area contributed by atoms with Crippen molar-refractivity contribution in [2.45, 2.75) is 45.8 Å². The van der Waals surface area contributed by atoms with E-state index in [0.29, 0.717) is 36.3 Å². The molecule has 1 aliphatic heterocycles. The van der Waals surface area contributed by atoms with Gasteiger partial charge in [-0.25, -0.2) is 9.48 Å². The molecule has 2 amide bonds. The molecule has 1 fully saturated rings. The second-order valence-electron chi connectivity index (χ2n) is 8.42. The van der Waals surface area contributed by atoms with Crippen LogP contribution in [0, 0.1) is 6.92 Å². The zero-order valence-corrected chi connectivity index (χ0v) is 20.4. The van der Waals surface area contributed by atoms with Crippen molar-refractivity contribution in [2.75, 3.05) is 19.7 Å². The predicted octanol–water partition coefficient (Wildman–Crippen LogP) is 5.73. The van der Waals surface area contributed by atoms with Crippen molar-refractivity contribution >= 4 is 17.6 Å². The minimum Gasteiger partial charge on any atom is -0.439 e. The number of aryl methyl sites for hydroxylation is 1. The molecule has 3 aromatic rings. The van der Waals surface area contributed by atoms with Crippen molar-refractivity contribution in [1.82, 2.24) is 20.0 Å². The fraction of sp³-hybridized carbons (Fsp3) is 0.385. The largest absolute Gasteiger partial charge is 0.439 e. The van der Waals surface area contributed by atoms with E-state index in [9.17, 15) is 4.79 Å². The average molecular weight is 483 g/mol. The maximum atomic E-state index is 13.1. The van der Waals surface area contributed by atoms with E-state index >= 15 is 0 Å². The SMILES string of the molecule is CCCNC(=O)N(Cc1c(C)nn(-c2ccccc2)c1Oc1ccc(Cl)cc1)C[C@@H]1CCCO1. The molecular weight excluding hydrogens is 452 g/mol. The molecule has 0 bridgehead atoms. The molecule has 0 aliphatic carbocycles. The lowest BCUT2D eigenvalue weighted by atomic mass is 10.2. The number of benzene rings is 2. The molecule has 1 saturated heterocycles. The Kier molecular flexibility index (Phi) is 8.08. The number of nitrogens with one attached hydrogen (secondary N) is 1. The summed E-state index contributed by atoms with van der Waals surface area (Å²) >= 11 is 6.07. The highest BCUT2D eigenvalue weighted by Crippen LogP contribution is 2.32. The predicted molar refractivity (Wildman–Crippen MR) is 133 cm³/mol. The lowest BCUT2D eigenvalue weighted by Gasteiger charge is -2.26. The number of urea groups is 1. The Morgan fingerprint density at radius 2 is 2.00 bits per heavy atom. The second-order valence-corrected chi connectivity index (χ2v) is 8.86. The molecule has 0 spiro atoms.